The summed E-state index contributed by atoms with van der Waals surface area (Å²) in [6.07, 6.45) is 17.0. The predicted octanol–water partition coefficient (Wildman–Crippen LogP) is 10.7. The number of allylic oxidation sites excluding steroid dienone is 1. The standard InChI is InChI=1S/C45H73N3O6/c1-13-30(28(2)3)15-14-29(4)35-18-19-36-34-17-16-31-24-33(20-22-44(31,11)37(34)21-23-45(35,36)12)52-39(49)38(47-40(50)53-42(5,6)7)25-32-26-48(27-46-32)41(51)54-43(8,9)10/h16,26-30,33-38H,13-15,17-25H2,1-12H3,(H,47,50)/t29-,30-,33+,34?,35?,36?,37?,38?,44+,45-/m1/s1. The average molecular weight is 752 g/mol. The van der Waals surface area contributed by atoms with Gasteiger partial charge in [-0.15, -0.1) is 0 Å². The van der Waals surface area contributed by atoms with Crippen molar-refractivity contribution >= 4 is 18.2 Å². The van der Waals surface area contributed by atoms with Crippen molar-refractivity contribution < 1.29 is 28.6 Å². The van der Waals surface area contributed by atoms with E-state index >= 15 is 0 Å². The van der Waals surface area contributed by atoms with Crippen molar-refractivity contribution in [2.75, 3.05) is 0 Å². The van der Waals surface area contributed by atoms with Crippen LogP contribution in [0.2, 0.25) is 0 Å². The Morgan fingerprint density at radius 2 is 1.65 bits per heavy atom. The highest BCUT2D eigenvalue weighted by molar-refractivity contribution is 5.82. The normalized spacial score (nSPS) is 31.3. The van der Waals surface area contributed by atoms with Crippen LogP contribution in [0.1, 0.15) is 159 Å². The molecule has 54 heavy (non-hydrogen) atoms. The van der Waals surface area contributed by atoms with E-state index in [-0.39, 0.29) is 17.9 Å². The highest BCUT2D eigenvalue weighted by atomic mass is 16.6. The van der Waals surface area contributed by atoms with Crippen LogP contribution in [0.5, 0.6) is 0 Å². The first-order chi connectivity index (χ1) is 25.1. The summed E-state index contributed by atoms with van der Waals surface area (Å²) in [7, 11) is 0. The molecule has 1 aromatic rings. The van der Waals surface area contributed by atoms with Gasteiger partial charge in [0.1, 0.15) is 29.7 Å². The molecule has 1 amide bonds. The van der Waals surface area contributed by atoms with Crippen molar-refractivity contribution in [1.82, 2.24) is 14.9 Å². The SMILES string of the molecule is CC[C@H](CC[C@@H](C)C1CCC2C3CC=C4C[C@@H](OC(=O)C(Cc5cn(C(=O)OC(C)(C)C)cn5)NC(=O)OC(C)(C)C)CC[C@]4(C)C3CC[C@@]21C)C(C)C. The molecule has 4 aliphatic carbocycles. The smallest absolute Gasteiger partial charge is 0.419 e. The highest BCUT2D eigenvalue weighted by Gasteiger charge is 2.59. The molecule has 4 aliphatic rings. The van der Waals surface area contributed by atoms with Gasteiger partial charge >= 0.3 is 18.2 Å². The number of carbonyl (C=O) groups excluding carboxylic acids is 3. The Hall–Kier alpha value is -2.84. The van der Waals surface area contributed by atoms with E-state index in [2.05, 4.69) is 57.9 Å². The van der Waals surface area contributed by atoms with Gasteiger partial charge in [0.05, 0.1) is 5.69 Å². The van der Waals surface area contributed by atoms with Crippen LogP contribution in [0, 0.1) is 52.3 Å². The Balaban J connectivity index is 1.24. The molecule has 1 aromatic heterocycles. The zero-order chi connectivity index (χ0) is 39.8. The monoisotopic (exact) mass is 752 g/mol. The first-order valence-corrected chi connectivity index (χ1v) is 21.3. The quantitative estimate of drug-likeness (QED) is 0.136. The maximum absolute atomic E-state index is 13.9. The van der Waals surface area contributed by atoms with Gasteiger partial charge in [-0.3, -0.25) is 0 Å². The molecule has 5 rings (SSSR count). The molecule has 1 heterocycles. The Kier molecular flexibility index (Phi) is 12.8. The number of ether oxygens (including phenoxy) is 3. The van der Waals surface area contributed by atoms with Gasteiger partial charge in [0.2, 0.25) is 0 Å². The number of hydrogen-bond acceptors (Lipinski definition) is 7. The van der Waals surface area contributed by atoms with Crippen molar-refractivity contribution in [3.8, 4) is 0 Å². The van der Waals surface area contributed by atoms with Gasteiger partial charge in [0.25, 0.3) is 0 Å². The summed E-state index contributed by atoms with van der Waals surface area (Å²) in [6.45, 7) is 25.6. The molecule has 0 radical (unpaired) electrons. The van der Waals surface area contributed by atoms with Gasteiger partial charge in [0.15, 0.2) is 0 Å². The molecular weight excluding hydrogens is 679 g/mol. The molecule has 3 fully saturated rings. The zero-order valence-corrected chi connectivity index (χ0v) is 35.8. The molecule has 0 aromatic carbocycles. The molecule has 0 aliphatic heterocycles. The van der Waals surface area contributed by atoms with Crippen LogP contribution in [0.15, 0.2) is 24.2 Å². The van der Waals surface area contributed by atoms with E-state index in [1.165, 1.54) is 67.6 Å². The molecule has 0 spiro atoms. The fraction of sp³-hybridized carbons (Fsp3) is 0.822. The van der Waals surface area contributed by atoms with Crippen LogP contribution >= 0.6 is 0 Å². The molecule has 0 bridgehead atoms. The van der Waals surface area contributed by atoms with Gasteiger partial charge in [-0.2, -0.15) is 0 Å². The number of aromatic nitrogens is 2. The summed E-state index contributed by atoms with van der Waals surface area (Å²) in [5.41, 5.74) is 1.06. The minimum absolute atomic E-state index is 0.0431. The molecule has 9 nitrogen and oxygen atoms in total. The first-order valence-electron chi connectivity index (χ1n) is 21.3. The number of nitrogens with one attached hydrogen (secondary N) is 1. The number of nitrogens with zero attached hydrogens (tertiary/aromatic N) is 2. The maximum atomic E-state index is 13.9. The van der Waals surface area contributed by atoms with E-state index in [0.717, 1.165) is 61.2 Å². The van der Waals surface area contributed by atoms with Crippen molar-refractivity contribution in [1.29, 1.82) is 0 Å². The Morgan fingerprint density at radius 3 is 2.30 bits per heavy atom. The summed E-state index contributed by atoms with van der Waals surface area (Å²) in [5, 5.41) is 2.73. The van der Waals surface area contributed by atoms with E-state index in [0.29, 0.717) is 17.0 Å². The third-order valence-corrected chi connectivity index (χ3v) is 14.2. The van der Waals surface area contributed by atoms with E-state index in [1.54, 1.807) is 41.5 Å². The molecular formula is C45H73N3O6. The predicted molar refractivity (Wildman–Crippen MR) is 213 cm³/mol. The van der Waals surface area contributed by atoms with Gasteiger partial charge in [-0.05, 0) is 145 Å². The first kappa shape index (κ1) is 42.3. The molecule has 304 valence electrons. The number of imidazole rings is 1. The van der Waals surface area contributed by atoms with Crippen LogP contribution in [0.25, 0.3) is 0 Å². The van der Waals surface area contributed by atoms with E-state index in [9.17, 15) is 14.4 Å². The number of carbonyl (C=O) groups is 3. The molecule has 0 saturated heterocycles. The Bertz CT molecular complexity index is 1520. The summed E-state index contributed by atoms with van der Waals surface area (Å²) < 4.78 is 18.4. The van der Waals surface area contributed by atoms with Gasteiger partial charge in [0, 0.05) is 19.0 Å². The highest BCUT2D eigenvalue weighted by Crippen LogP contribution is 2.67. The van der Waals surface area contributed by atoms with Crippen LogP contribution < -0.4 is 5.32 Å². The van der Waals surface area contributed by atoms with Crippen molar-refractivity contribution in [2.24, 2.45) is 52.3 Å². The molecule has 9 heteroatoms. The van der Waals surface area contributed by atoms with Crippen LogP contribution in [-0.2, 0) is 25.4 Å². The minimum atomic E-state index is -1.04. The summed E-state index contributed by atoms with van der Waals surface area (Å²) in [5.74, 6) is 4.90. The molecule has 1 N–H and O–H groups in total. The van der Waals surface area contributed by atoms with Gasteiger partial charge in [-0.25, -0.2) is 23.9 Å². The summed E-state index contributed by atoms with van der Waals surface area (Å²) in [4.78, 5) is 43.7. The average Bonchev–Trinajstić information content (AvgIpc) is 3.67. The number of rotatable bonds is 11. The van der Waals surface area contributed by atoms with E-state index < -0.39 is 35.4 Å². The lowest BCUT2D eigenvalue weighted by Crippen LogP contribution is -2.51. The molecule has 3 saturated carbocycles. The lowest BCUT2D eigenvalue weighted by Gasteiger charge is -2.58. The molecule has 5 unspecified atom stereocenters. The number of esters is 1. The number of fused-ring (bicyclic) bond motifs is 5. The van der Waals surface area contributed by atoms with Crippen molar-refractivity contribution in [2.45, 2.75) is 183 Å². The van der Waals surface area contributed by atoms with Crippen molar-refractivity contribution in [3.63, 3.8) is 0 Å². The van der Waals surface area contributed by atoms with Crippen molar-refractivity contribution in [3.05, 3.63) is 29.9 Å². The summed E-state index contributed by atoms with van der Waals surface area (Å²) in [6, 6.07) is -1.04. The van der Waals surface area contributed by atoms with Crippen LogP contribution in [-0.4, -0.2) is 51.1 Å². The van der Waals surface area contributed by atoms with Gasteiger partial charge in [-0.1, -0.05) is 66.0 Å². The van der Waals surface area contributed by atoms with Crippen LogP contribution in [0.4, 0.5) is 9.59 Å². The largest absolute Gasteiger partial charge is 0.461 e. The second-order valence-corrected chi connectivity index (χ2v) is 20.4. The fourth-order valence-corrected chi connectivity index (χ4v) is 11.4. The lowest BCUT2D eigenvalue weighted by atomic mass is 9.47. The minimum Gasteiger partial charge on any atom is -0.461 e. The number of hydrogen-bond donors (Lipinski definition) is 1. The fourth-order valence-electron chi connectivity index (χ4n) is 11.4. The third kappa shape index (κ3) is 9.57. The maximum Gasteiger partial charge on any atom is 0.419 e. The second kappa shape index (κ2) is 16.3. The Morgan fingerprint density at radius 1 is 0.944 bits per heavy atom. The van der Waals surface area contributed by atoms with Crippen LogP contribution in [0.3, 0.4) is 0 Å². The second-order valence-electron chi connectivity index (χ2n) is 20.4. The lowest BCUT2D eigenvalue weighted by molar-refractivity contribution is -0.154. The Labute approximate surface area is 326 Å². The number of amides is 1. The summed E-state index contributed by atoms with van der Waals surface area (Å²) >= 11 is 0. The molecule has 10 atom stereocenters. The topological polar surface area (TPSA) is 109 Å². The number of alkyl carbamates (subject to hydrolysis) is 1. The van der Waals surface area contributed by atoms with E-state index in [1.807, 2.05) is 0 Å². The zero-order valence-electron chi connectivity index (χ0n) is 35.8. The van der Waals surface area contributed by atoms with Gasteiger partial charge < -0.3 is 19.5 Å². The third-order valence-electron chi connectivity index (χ3n) is 14.2. The van der Waals surface area contributed by atoms with E-state index in [4.69, 9.17) is 14.2 Å².